The van der Waals surface area contributed by atoms with Gasteiger partial charge in [-0.05, 0) is 73.2 Å². The van der Waals surface area contributed by atoms with Crippen LogP contribution in [-0.4, -0.2) is 48.3 Å². The molecule has 1 saturated heterocycles. The van der Waals surface area contributed by atoms with Gasteiger partial charge in [0.1, 0.15) is 0 Å². The first-order valence-corrected chi connectivity index (χ1v) is 12.8. The first kappa shape index (κ1) is 19.8. The molecular formula is C25H26N4O2S. The number of para-hydroxylation sites is 2. The van der Waals surface area contributed by atoms with Crippen LogP contribution < -0.4 is 4.90 Å². The zero-order valence-corrected chi connectivity index (χ0v) is 18.8. The molecule has 0 N–H and O–H groups in total. The fraction of sp³-hybridized carbons (Fsp3) is 0.320. The van der Waals surface area contributed by atoms with E-state index >= 15 is 0 Å². The number of hydrogen-bond donors (Lipinski definition) is 0. The summed E-state index contributed by atoms with van der Waals surface area (Å²) in [7, 11) is -3.49. The molecule has 6 rings (SSSR count). The predicted octanol–water partition coefficient (Wildman–Crippen LogP) is 3.88. The van der Waals surface area contributed by atoms with E-state index in [0.29, 0.717) is 31.1 Å². The zero-order valence-electron chi connectivity index (χ0n) is 17.9. The molecule has 1 aliphatic carbocycles. The van der Waals surface area contributed by atoms with E-state index in [1.807, 2.05) is 36.4 Å². The molecule has 6 nitrogen and oxygen atoms in total. The summed E-state index contributed by atoms with van der Waals surface area (Å²) < 4.78 is 30.5. The molecule has 2 aromatic heterocycles. The average molecular weight is 447 g/mol. The monoisotopic (exact) mass is 446 g/mol. The average Bonchev–Trinajstić information content (AvgIpc) is 3.34. The third kappa shape index (κ3) is 3.19. The van der Waals surface area contributed by atoms with Gasteiger partial charge < -0.3 is 9.30 Å². The first-order chi connectivity index (χ1) is 15.6. The molecule has 0 amide bonds. The van der Waals surface area contributed by atoms with Crippen molar-refractivity contribution in [1.82, 2.24) is 13.7 Å². The minimum atomic E-state index is -3.49. The van der Waals surface area contributed by atoms with Crippen molar-refractivity contribution in [3.05, 3.63) is 71.9 Å². The third-order valence-corrected chi connectivity index (χ3v) is 8.74. The topological polar surface area (TPSA) is 57.9 Å². The van der Waals surface area contributed by atoms with E-state index in [4.69, 9.17) is 4.98 Å². The van der Waals surface area contributed by atoms with E-state index in [0.717, 1.165) is 41.6 Å². The molecule has 0 atom stereocenters. The highest BCUT2D eigenvalue weighted by Gasteiger charge is 2.30. The number of benzene rings is 2. The molecule has 4 aromatic rings. The molecule has 32 heavy (non-hydrogen) atoms. The van der Waals surface area contributed by atoms with Crippen molar-refractivity contribution in [2.45, 2.75) is 30.6 Å². The summed E-state index contributed by atoms with van der Waals surface area (Å²) in [6, 6.07) is 17.9. The molecule has 2 aliphatic rings. The molecule has 2 aromatic carbocycles. The van der Waals surface area contributed by atoms with Gasteiger partial charge in [0.25, 0.3) is 0 Å². The second-order valence-electron chi connectivity index (χ2n) is 8.72. The molecule has 7 heteroatoms. The Morgan fingerprint density at radius 1 is 0.781 bits per heavy atom. The molecule has 0 spiro atoms. The van der Waals surface area contributed by atoms with Crippen molar-refractivity contribution < 1.29 is 8.42 Å². The highest BCUT2D eigenvalue weighted by Crippen LogP contribution is 2.29. The van der Waals surface area contributed by atoms with Crippen LogP contribution in [0, 0.1) is 0 Å². The summed E-state index contributed by atoms with van der Waals surface area (Å²) in [5, 5.41) is 0. The number of aromatic nitrogens is 2. The number of anilines is 1. The summed E-state index contributed by atoms with van der Waals surface area (Å²) in [4.78, 5) is 7.57. The van der Waals surface area contributed by atoms with Crippen LogP contribution in [0.1, 0.15) is 24.0 Å². The van der Waals surface area contributed by atoms with Gasteiger partial charge in [0, 0.05) is 32.4 Å². The molecule has 1 aliphatic heterocycles. The Morgan fingerprint density at radius 2 is 1.53 bits per heavy atom. The number of rotatable bonds is 3. The van der Waals surface area contributed by atoms with E-state index < -0.39 is 10.0 Å². The Bertz CT molecular complexity index is 1420. The summed E-state index contributed by atoms with van der Waals surface area (Å²) >= 11 is 0. The van der Waals surface area contributed by atoms with E-state index in [1.54, 1.807) is 10.4 Å². The number of hydrogen-bond acceptors (Lipinski definition) is 4. The summed E-state index contributed by atoms with van der Waals surface area (Å²) in [6.07, 6.45) is 6.43. The molecule has 0 bridgehead atoms. The van der Waals surface area contributed by atoms with Gasteiger partial charge in [0.15, 0.2) is 5.82 Å². The van der Waals surface area contributed by atoms with Gasteiger partial charge in [-0.3, -0.25) is 0 Å². The van der Waals surface area contributed by atoms with Crippen LogP contribution in [0.5, 0.6) is 0 Å². The second-order valence-corrected chi connectivity index (χ2v) is 10.7. The fourth-order valence-corrected chi connectivity index (χ4v) is 6.57. The van der Waals surface area contributed by atoms with Gasteiger partial charge in [-0.25, -0.2) is 13.4 Å². The Kier molecular flexibility index (Phi) is 4.69. The Balaban J connectivity index is 1.27. The largest absolute Gasteiger partial charge is 0.352 e. The van der Waals surface area contributed by atoms with E-state index in [9.17, 15) is 8.42 Å². The van der Waals surface area contributed by atoms with Crippen molar-refractivity contribution in [2.75, 3.05) is 31.1 Å². The van der Waals surface area contributed by atoms with Crippen molar-refractivity contribution in [1.29, 1.82) is 0 Å². The summed E-state index contributed by atoms with van der Waals surface area (Å²) in [5.74, 6) is 0.916. The zero-order chi connectivity index (χ0) is 21.7. The normalized spacial score (nSPS) is 17.7. The van der Waals surface area contributed by atoms with Crippen LogP contribution in [0.15, 0.2) is 65.7 Å². The van der Waals surface area contributed by atoms with E-state index in [2.05, 4.69) is 27.6 Å². The molecule has 0 saturated carbocycles. The van der Waals surface area contributed by atoms with E-state index in [-0.39, 0.29) is 0 Å². The number of fused-ring (bicyclic) bond motifs is 4. The smallest absolute Gasteiger partial charge is 0.243 e. The van der Waals surface area contributed by atoms with Crippen LogP contribution >= 0.6 is 0 Å². The lowest BCUT2D eigenvalue weighted by Crippen LogP contribution is -2.49. The Hall–Kier alpha value is -2.90. The Labute approximate surface area is 188 Å². The maximum absolute atomic E-state index is 13.3. The van der Waals surface area contributed by atoms with Crippen molar-refractivity contribution in [2.24, 2.45) is 0 Å². The molecule has 1 fully saturated rings. The number of aryl methyl sites for hydroxylation is 2. The van der Waals surface area contributed by atoms with Crippen LogP contribution in [-0.2, 0) is 22.9 Å². The number of sulfonamides is 1. The molecule has 0 radical (unpaired) electrons. The highest BCUT2D eigenvalue weighted by atomic mass is 32.2. The van der Waals surface area contributed by atoms with Crippen molar-refractivity contribution in [3.8, 4) is 0 Å². The number of nitrogens with zero attached hydrogens (tertiary/aromatic N) is 4. The third-order valence-electron chi connectivity index (χ3n) is 6.84. The first-order valence-electron chi connectivity index (χ1n) is 11.3. The van der Waals surface area contributed by atoms with Crippen LogP contribution in [0.4, 0.5) is 5.82 Å². The van der Waals surface area contributed by atoms with Crippen LogP contribution in [0.2, 0.25) is 0 Å². The van der Waals surface area contributed by atoms with Gasteiger partial charge in [-0.2, -0.15) is 4.31 Å². The lowest BCUT2D eigenvalue weighted by Gasteiger charge is -2.35. The summed E-state index contributed by atoms with van der Waals surface area (Å²) in [5.41, 5.74) is 5.57. The van der Waals surface area contributed by atoms with E-state index in [1.165, 1.54) is 17.5 Å². The lowest BCUT2D eigenvalue weighted by atomic mass is 9.92. The number of piperazine rings is 1. The molecule has 3 heterocycles. The van der Waals surface area contributed by atoms with Crippen LogP contribution in [0.3, 0.4) is 0 Å². The lowest BCUT2D eigenvalue weighted by molar-refractivity contribution is 0.384. The van der Waals surface area contributed by atoms with Crippen molar-refractivity contribution in [3.63, 3.8) is 0 Å². The maximum atomic E-state index is 13.3. The summed E-state index contributed by atoms with van der Waals surface area (Å²) in [6.45, 7) is 2.16. The second kappa shape index (κ2) is 7.60. The minimum absolute atomic E-state index is 0.435. The molecular weight excluding hydrogens is 420 g/mol. The van der Waals surface area contributed by atoms with Gasteiger partial charge in [0.05, 0.1) is 21.4 Å². The molecule has 164 valence electrons. The van der Waals surface area contributed by atoms with Gasteiger partial charge in [-0.15, -0.1) is 0 Å². The highest BCUT2D eigenvalue weighted by molar-refractivity contribution is 7.89. The van der Waals surface area contributed by atoms with Crippen LogP contribution in [0.25, 0.3) is 16.6 Å². The fourth-order valence-electron chi connectivity index (χ4n) is 5.10. The predicted molar refractivity (Wildman–Crippen MR) is 127 cm³/mol. The van der Waals surface area contributed by atoms with Gasteiger partial charge in [0.2, 0.25) is 10.0 Å². The maximum Gasteiger partial charge on any atom is 0.243 e. The Morgan fingerprint density at radius 3 is 2.38 bits per heavy atom. The minimum Gasteiger partial charge on any atom is -0.352 e. The quantitative estimate of drug-likeness (QED) is 0.479. The van der Waals surface area contributed by atoms with Gasteiger partial charge in [-0.1, -0.05) is 18.2 Å². The SMILES string of the molecule is O=S(=O)(c1ccc2c(c1)CCCC2)N1CCN(c2nc3ccccc3n3cccc23)CC1. The van der Waals surface area contributed by atoms with Crippen molar-refractivity contribution >= 4 is 32.4 Å². The molecule has 0 unspecified atom stereocenters. The van der Waals surface area contributed by atoms with Gasteiger partial charge >= 0.3 is 0 Å². The standard InChI is InChI=1S/C25H26N4O2S/c30-32(31,21-12-11-19-6-1-2-7-20(19)18-21)28-16-14-27(15-17-28)25-24-10-5-13-29(24)23-9-4-3-8-22(23)26-25/h3-5,8-13,18H,1-2,6-7,14-17H2.